The molecule has 0 radical (unpaired) electrons. The standard InChI is InChI=1S/C38H34N4O2S/c43-37-35(45-38(39-37)41-21-19-29(20-22-41)23-28-11-4-1-5-12-28)25-32-26-42(33-16-8-3-9-17-33)40-36(32)31-15-10-18-34(24-31)44-27-30-13-6-2-7-14-30/h1-18,24-26,29H,19-23,27H2. The summed E-state index contributed by atoms with van der Waals surface area (Å²) in [5, 5.41) is 5.78. The summed E-state index contributed by atoms with van der Waals surface area (Å²) >= 11 is 1.47. The summed E-state index contributed by atoms with van der Waals surface area (Å²) in [6.07, 6.45) is 7.21. The van der Waals surface area contributed by atoms with Crippen LogP contribution in [0.2, 0.25) is 0 Å². The Kier molecular flexibility index (Phi) is 8.60. The van der Waals surface area contributed by atoms with Crippen molar-refractivity contribution in [2.45, 2.75) is 25.9 Å². The predicted octanol–water partition coefficient (Wildman–Crippen LogP) is 8.04. The first kappa shape index (κ1) is 28.9. The molecule has 45 heavy (non-hydrogen) atoms. The molecule has 7 rings (SSSR count). The molecule has 0 aliphatic carbocycles. The second kappa shape index (κ2) is 13.4. The number of piperidine rings is 1. The molecular weight excluding hydrogens is 577 g/mol. The van der Waals surface area contributed by atoms with E-state index in [2.05, 4.69) is 52.4 Å². The molecule has 2 aliphatic heterocycles. The van der Waals surface area contributed by atoms with Crippen molar-refractivity contribution < 1.29 is 9.53 Å². The number of likely N-dealkylation sites (tertiary alicyclic amines) is 1. The topological polar surface area (TPSA) is 59.7 Å². The van der Waals surface area contributed by atoms with Crippen LogP contribution in [0.25, 0.3) is 23.0 Å². The molecule has 5 aromatic rings. The SMILES string of the molecule is O=C1N=C(N2CCC(Cc3ccccc3)CC2)SC1=Cc1cn(-c2ccccc2)nc1-c1cccc(OCc2ccccc2)c1. The van der Waals surface area contributed by atoms with Crippen molar-refractivity contribution >= 4 is 28.9 Å². The number of aliphatic imine (C=N–C) groups is 1. The van der Waals surface area contributed by atoms with Crippen LogP contribution in [0.5, 0.6) is 5.75 Å². The highest BCUT2D eigenvalue weighted by Gasteiger charge is 2.29. The molecule has 1 amide bonds. The molecule has 4 aromatic carbocycles. The lowest BCUT2D eigenvalue weighted by Crippen LogP contribution is -2.37. The van der Waals surface area contributed by atoms with Crippen LogP contribution in [-0.4, -0.2) is 38.8 Å². The molecule has 0 saturated carbocycles. The van der Waals surface area contributed by atoms with Gasteiger partial charge in [-0.3, -0.25) is 4.79 Å². The molecule has 0 unspecified atom stereocenters. The monoisotopic (exact) mass is 610 g/mol. The molecule has 1 aromatic heterocycles. The van der Waals surface area contributed by atoms with E-state index in [1.54, 1.807) is 0 Å². The first-order chi connectivity index (χ1) is 22.2. The minimum Gasteiger partial charge on any atom is -0.489 e. The maximum atomic E-state index is 13.2. The van der Waals surface area contributed by atoms with Crippen LogP contribution < -0.4 is 4.74 Å². The summed E-state index contributed by atoms with van der Waals surface area (Å²) in [7, 11) is 0. The maximum Gasteiger partial charge on any atom is 0.286 e. The average molecular weight is 611 g/mol. The molecule has 0 atom stereocenters. The molecule has 3 heterocycles. The van der Waals surface area contributed by atoms with Crippen molar-refractivity contribution in [3.63, 3.8) is 0 Å². The first-order valence-corrected chi connectivity index (χ1v) is 16.2. The molecular formula is C38H34N4O2S. The van der Waals surface area contributed by atoms with E-state index in [-0.39, 0.29) is 5.91 Å². The minimum absolute atomic E-state index is 0.195. The van der Waals surface area contributed by atoms with Gasteiger partial charge >= 0.3 is 0 Å². The fraction of sp³-hybridized carbons (Fsp3) is 0.184. The van der Waals surface area contributed by atoms with Gasteiger partial charge in [-0.05, 0) is 78.4 Å². The highest BCUT2D eigenvalue weighted by atomic mass is 32.2. The second-order valence-corrected chi connectivity index (χ2v) is 12.5. The van der Waals surface area contributed by atoms with E-state index in [4.69, 9.17) is 9.84 Å². The fourth-order valence-electron chi connectivity index (χ4n) is 5.85. The van der Waals surface area contributed by atoms with Crippen molar-refractivity contribution in [3.05, 3.63) is 143 Å². The summed E-state index contributed by atoms with van der Waals surface area (Å²) in [6, 6.07) is 38.8. The smallest absolute Gasteiger partial charge is 0.286 e. The number of para-hydroxylation sites is 1. The van der Waals surface area contributed by atoms with Gasteiger partial charge in [0, 0.05) is 30.4 Å². The van der Waals surface area contributed by atoms with E-state index in [1.165, 1.54) is 17.3 Å². The third kappa shape index (κ3) is 6.94. The Labute approximate surface area is 268 Å². The van der Waals surface area contributed by atoms with Crippen LogP contribution in [0.1, 0.15) is 29.5 Å². The molecule has 0 bridgehead atoms. The number of nitrogens with zero attached hydrogens (tertiary/aromatic N) is 4. The minimum atomic E-state index is -0.195. The van der Waals surface area contributed by atoms with E-state index in [0.717, 1.165) is 71.3 Å². The number of hydrogen-bond acceptors (Lipinski definition) is 5. The molecule has 1 saturated heterocycles. The van der Waals surface area contributed by atoms with Gasteiger partial charge in [0.1, 0.15) is 18.1 Å². The van der Waals surface area contributed by atoms with E-state index < -0.39 is 0 Å². The van der Waals surface area contributed by atoms with E-state index in [9.17, 15) is 4.79 Å². The number of carbonyl (C=O) groups excluding carboxylic acids is 1. The second-order valence-electron chi connectivity index (χ2n) is 11.4. The van der Waals surface area contributed by atoms with Crippen molar-refractivity contribution in [3.8, 4) is 22.7 Å². The number of ether oxygens (including phenoxy) is 1. The summed E-state index contributed by atoms with van der Waals surface area (Å²) < 4.78 is 7.99. The van der Waals surface area contributed by atoms with Crippen LogP contribution in [0.15, 0.2) is 131 Å². The third-order valence-electron chi connectivity index (χ3n) is 8.27. The Bertz CT molecular complexity index is 1830. The zero-order chi connectivity index (χ0) is 30.4. The normalized spacial score (nSPS) is 16.3. The van der Waals surface area contributed by atoms with E-state index in [1.807, 2.05) is 89.8 Å². The molecule has 2 aliphatic rings. The van der Waals surface area contributed by atoms with Gasteiger partial charge < -0.3 is 9.64 Å². The molecule has 6 nitrogen and oxygen atoms in total. The Morgan fingerprint density at radius 2 is 1.51 bits per heavy atom. The fourth-order valence-corrected chi connectivity index (χ4v) is 6.81. The van der Waals surface area contributed by atoms with Gasteiger partial charge in [0.05, 0.1) is 10.6 Å². The van der Waals surface area contributed by atoms with E-state index in [0.29, 0.717) is 17.4 Å². The van der Waals surface area contributed by atoms with Crippen LogP contribution in [0, 0.1) is 5.92 Å². The van der Waals surface area contributed by atoms with Crippen LogP contribution in [0.3, 0.4) is 0 Å². The number of amides is 1. The summed E-state index contributed by atoms with van der Waals surface area (Å²) in [5.41, 5.74) is 5.99. The number of hydrogen-bond donors (Lipinski definition) is 0. The Hall–Kier alpha value is -4.88. The number of thioether (sulfide) groups is 1. The zero-order valence-electron chi connectivity index (χ0n) is 25.0. The van der Waals surface area contributed by atoms with Crippen molar-refractivity contribution in [1.82, 2.24) is 14.7 Å². The Morgan fingerprint density at radius 1 is 0.822 bits per heavy atom. The van der Waals surface area contributed by atoms with Gasteiger partial charge in [0.25, 0.3) is 5.91 Å². The van der Waals surface area contributed by atoms with Crippen LogP contribution >= 0.6 is 11.8 Å². The molecule has 7 heteroatoms. The largest absolute Gasteiger partial charge is 0.489 e. The van der Waals surface area contributed by atoms with Gasteiger partial charge in [-0.1, -0.05) is 91.0 Å². The van der Waals surface area contributed by atoms with Crippen LogP contribution in [-0.2, 0) is 17.8 Å². The molecule has 1 fully saturated rings. The summed E-state index contributed by atoms with van der Waals surface area (Å²) in [4.78, 5) is 20.6. The highest BCUT2D eigenvalue weighted by Crippen LogP contribution is 2.35. The third-order valence-corrected chi connectivity index (χ3v) is 9.31. The lowest BCUT2D eigenvalue weighted by molar-refractivity contribution is -0.113. The van der Waals surface area contributed by atoms with Crippen molar-refractivity contribution in [1.29, 1.82) is 0 Å². The zero-order valence-corrected chi connectivity index (χ0v) is 25.8. The van der Waals surface area contributed by atoms with Gasteiger partial charge in [0.15, 0.2) is 5.17 Å². The maximum absolute atomic E-state index is 13.2. The Balaban J connectivity index is 1.10. The predicted molar refractivity (Wildman–Crippen MR) is 182 cm³/mol. The number of carbonyl (C=O) groups is 1. The number of benzene rings is 4. The summed E-state index contributed by atoms with van der Waals surface area (Å²) in [5.74, 6) is 1.22. The lowest BCUT2D eigenvalue weighted by Gasteiger charge is -2.32. The quantitative estimate of drug-likeness (QED) is 0.167. The van der Waals surface area contributed by atoms with E-state index >= 15 is 0 Å². The average Bonchev–Trinajstić information content (AvgIpc) is 3.69. The lowest BCUT2D eigenvalue weighted by atomic mass is 9.90. The number of aromatic nitrogens is 2. The Morgan fingerprint density at radius 3 is 2.24 bits per heavy atom. The van der Waals surface area contributed by atoms with Crippen LogP contribution in [0.4, 0.5) is 0 Å². The van der Waals surface area contributed by atoms with Gasteiger partial charge in [-0.15, -0.1) is 0 Å². The summed E-state index contributed by atoms with van der Waals surface area (Å²) in [6.45, 7) is 2.31. The molecule has 224 valence electrons. The highest BCUT2D eigenvalue weighted by molar-refractivity contribution is 8.18. The number of rotatable bonds is 8. The molecule has 0 spiro atoms. The number of amidine groups is 1. The first-order valence-electron chi connectivity index (χ1n) is 15.4. The van der Waals surface area contributed by atoms with Gasteiger partial charge in [0.2, 0.25) is 0 Å². The molecule has 0 N–H and O–H groups in total. The van der Waals surface area contributed by atoms with Gasteiger partial charge in [-0.25, -0.2) is 4.68 Å². The van der Waals surface area contributed by atoms with Crippen molar-refractivity contribution in [2.75, 3.05) is 13.1 Å². The van der Waals surface area contributed by atoms with Gasteiger partial charge in [-0.2, -0.15) is 10.1 Å². The van der Waals surface area contributed by atoms with Crippen molar-refractivity contribution in [2.24, 2.45) is 10.9 Å².